The van der Waals surface area contributed by atoms with Crippen molar-refractivity contribution in [1.29, 1.82) is 0 Å². The van der Waals surface area contributed by atoms with Crippen LogP contribution in [0.25, 0.3) is 0 Å². The zero-order valence-electron chi connectivity index (χ0n) is 18.0. The lowest BCUT2D eigenvalue weighted by atomic mass is 10.1. The highest BCUT2D eigenvalue weighted by Crippen LogP contribution is 2.27. The van der Waals surface area contributed by atoms with Crippen molar-refractivity contribution in [3.63, 3.8) is 0 Å². The standard InChI is InChI=1S/C24H29Cl3N2O2/c1-3-5-15-28-24(31)22(4-2)29(16-18-20(26)11-8-12-21(18)27)23(30)14-13-17-9-6-7-10-19(17)25/h6-12,22H,3-5,13-16H2,1-2H3,(H,28,31). The lowest BCUT2D eigenvalue weighted by Crippen LogP contribution is -2.49. The SMILES string of the molecule is CCCCNC(=O)C(CC)N(Cc1c(Cl)cccc1Cl)C(=O)CCc1ccccc1Cl. The molecule has 0 fully saturated rings. The average molecular weight is 484 g/mol. The summed E-state index contributed by atoms with van der Waals surface area (Å²) in [5.74, 6) is -0.307. The number of benzene rings is 2. The van der Waals surface area contributed by atoms with Gasteiger partial charge in [0.25, 0.3) is 0 Å². The van der Waals surface area contributed by atoms with Crippen LogP contribution in [-0.2, 0) is 22.6 Å². The van der Waals surface area contributed by atoms with Crippen molar-refractivity contribution in [2.45, 2.75) is 58.5 Å². The molecule has 4 nitrogen and oxygen atoms in total. The van der Waals surface area contributed by atoms with Gasteiger partial charge in [0.2, 0.25) is 11.8 Å². The molecule has 0 aliphatic rings. The fourth-order valence-corrected chi connectivity index (χ4v) is 4.11. The molecule has 2 amide bonds. The topological polar surface area (TPSA) is 49.4 Å². The van der Waals surface area contributed by atoms with Gasteiger partial charge in [-0.1, -0.05) is 79.3 Å². The molecule has 0 aliphatic heterocycles. The van der Waals surface area contributed by atoms with E-state index < -0.39 is 6.04 Å². The van der Waals surface area contributed by atoms with Gasteiger partial charge in [-0.15, -0.1) is 0 Å². The molecule has 1 N–H and O–H groups in total. The molecule has 0 heterocycles. The Bertz CT molecular complexity index is 869. The second-order valence-corrected chi connectivity index (χ2v) is 8.60. The van der Waals surface area contributed by atoms with Crippen LogP contribution in [0.5, 0.6) is 0 Å². The number of rotatable bonds is 11. The zero-order valence-corrected chi connectivity index (χ0v) is 20.2. The molecule has 0 bridgehead atoms. The molecule has 0 radical (unpaired) electrons. The van der Waals surface area contributed by atoms with Gasteiger partial charge >= 0.3 is 0 Å². The predicted molar refractivity (Wildman–Crippen MR) is 129 cm³/mol. The predicted octanol–water partition coefficient (Wildman–Crippen LogP) is 6.30. The Kier molecular flexibility index (Phi) is 10.7. The Morgan fingerprint density at radius 3 is 2.23 bits per heavy atom. The minimum atomic E-state index is -0.608. The summed E-state index contributed by atoms with van der Waals surface area (Å²) in [6, 6.07) is 12.1. The highest BCUT2D eigenvalue weighted by molar-refractivity contribution is 6.36. The summed E-state index contributed by atoms with van der Waals surface area (Å²) in [5.41, 5.74) is 1.53. The molecular formula is C24H29Cl3N2O2. The van der Waals surface area contributed by atoms with Gasteiger partial charge in [-0.2, -0.15) is 0 Å². The number of aryl methyl sites for hydroxylation is 1. The molecule has 0 spiro atoms. The van der Waals surface area contributed by atoms with Crippen LogP contribution in [0.1, 0.15) is 50.7 Å². The Balaban J connectivity index is 2.26. The molecule has 31 heavy (non-hydrogen) atoms. The number of nitrogens with one attached hydrogen (secondary N) is 1. The number of hydrogen-bond donors (Lipinski definition) is 1. The third-order valence-electron chi connectivity index (χ3n) is 5.17. The van der Waals surface area contributed by atoms with Crippen molar-refractivity contribution in [2.24, 2.45) is 0 Å². The first-order chi connectivity index (χ1) is 14.9. The number of nitrogens with zero attached hydrogens (tertiary/aromatic N) is 1. The lowest BCUT2D eigenvalue weighted by molar-refractivity contribution is -0.141. The smallest absolute Gasteiger partial charge is 0.242 e. The Morgan fingerprint density at radius 1 is 0.968 bits per heavy atom. The van der Waals surface area contributed by atoms with E-state index in [4.69, 9.17) is 34.8 Å². The van der Waals surface area contributed by atoms with E-state index in [9.17, 15) is 9.59 Å². The third kappa shape index (κ3) is 7.41. The van der Waals surface area contributed by atoms with Gasteiger partial charge in [-0.3, -0.25) is 9.59 Å². The summed E-state index contributed by atoms with van der Waals surface area (Å²) in [4.78, 5) is 27.8. The van der Waals surface area contributed by atoms with Gasteiger partial charge < -0.3 is 10.2 Å². The molecule has 7 heteroatoms. The molecule has 0 saturated heterocycles. The van der Waals surface area contributed by atoms with Crippen molar-refractivity contribution in [2.75, 3.05) is 6.54 Å². The van der Waals surface area contributed by atoms with Gasteiger partial charge in [-0.25, -0.2) is 0 Å². The second kappa shape index (κ2) is 12.9. The molecule has 1 atom stereocenters. The minimum absolute atomic E-state index is 0.145. The van der Waals surface area contributed by atoms with Crippen molar-refractivity contribution in [3.8, 4) is 0 Å². The van der Waals surface area contributed by atoms with E-state index in [0.29, 0.717) is 40.0 Å². The maximum atomic E-state index is 13.3. The minimum Gasteiger partial charge on any atom is -0.354 e. The van der Waals surface area contributed by atoms with E-state index >= 15 is 0 Å². The maximum absolute atomic E-state index is 13.3. The molecule has 2 aromatic carbocycles. The first-order valence-electron chi connectivity index (χ1n) is 10.6. The Hall–Kier alpha value is -1.75. The van der Waals surface area contributed by atoms with Crippen LogP contribution < -0.4 is 5.32 Å². The molecular weight excluding hydrogens is 455 g/mol. The van der Waals surface area contributed by atoms with E-state index in [1.54, 1.807) is 29.2 Å². The van der Waals surface area contributed by atoms with E-state index in [1.165, 1.54) is 0 Å². The van der Waals surface area contributed by atoms with Crippen molar-refractivity contribution in [1.82, 2.24) is 10.2 Å². The molecule has 2 aromatic rings. The Labute approximate surface area is 199 Å². The van der Waals surface area contributed by atoms with Crippen LogP contribution in [0.2, 0.25) is 15.1 Å². The number of hydrogen-bond acceptors (Lipinski definition) is 2. The number of carbonyl (C=O) groups excluding carboxylic acids is 2. The lowest BCUT2D eigenvalue weighted by Gasteiger charge is -2.31. The normalized spacial score (nSPS) is 11.8. The maximum Gasteiger partial charge on any atom is 0.242 e. The zero-order chi connectivity index (χ0) is 22.8. The van der Waals surface area contributed by atoms with E-state index in [2.05, 4.69) is 12.2 Å². The second-order valence-electron chi connectivity index (χ2n) is 7.38. The van der Waals surface area contributed by atoms with Crippen LogP contribution in [0.4, 0.5) is 0 Å². The van der Waals surface area contributed by atoms with E-state index in [1.807, 2.05) is 25.1 Å². The monoisotopic (exact) mass is 482 g/mol. The van der Waals surface area contributed by atoms with Gasteiger partial charge in [-0.05, 0) is 43.0 Å². The van der Waals surface area contributed by atoms with Crippen molar-refractivity contribution < 1.29 is 9.59 Å². The number of amides is 2. The van der Waals surface area contributed by atoms with Gasteiger partial charge in [0.1, 0.15) is 6.04 Å². The fourth-order valence-electron chi connectivity index (χ4n) is 3.37. The van der Waals surface area contributed by atoms with Crippen LogP contribution >= 0.6 is 34.8 Å². The summed E-state index contributed by atoms with van der Waals surface area (Å²) in [6.07, 6.45) is 3.06. The summed E-state index contributed by atoms with van der Waals surface area (Å²) in [5, 5.41) is 4.51. The van der Waals surface area contributed by atoms with Crippen LogP contribution in [0, 0.1) is 0 Å². The van der Waals surface area contributed by atoms with E-state index in [0.717, 1.165) is 18.4 Å². The quantitative estimate of drug-likeness (QED) is 0.381. The van der Waals surface area contributed by atoms with Crippen molar-refractivity contribution in [3.05, 3.63) is 68.7 Å². The molecule has 0 aliphatic carbocycles. The van der Waals surface area contributed by atoms with Crippen LogP contribution in [0.15, 0.2) is 42.5 Å². The average Bonchev–Trinajstić information content (AvgIpc) is 2.75. The first-order valence-corrected chi connectivity index (χ1v) is 11.8. The van der Waals surface area contributed by atoms with Gasteiger partial charge in [0.05, 0.1) is 0 Å². The summed E-state index contributed by atoms with van der Waals surface area (Å²) >= 11 is 19.0. The number of carbonyl (C=O) groups is 2. The molecule has 1 unspecified atom stereocenters. The largest absolute Gasteiger partial charge is 0.354 e. The fraction of sp³-hybridized carbons (Fsp3) is 0.417. The van der Waals surface area contributed by atoms with Gasteiger partial charge in [0.15, 0.2) is 0 Å². The Morgan fingerprint density at radius 2 is 1.61 bits per heavy atom. The summed E-state index contributed by atoms with van der Waals surface area (Å²) < 4.78 is 0. The molecule has 2 rings (SSSR count). The highest BCUT2D eigenvalue weighted by atomic mass is 35.5. The van der Waals surface area contributed by atoms with Gasteiger partial charge in [0, 0.05) is 40.1 Å². The molecule has 0 aromatic heterocycles. The number of halogens is 3. The summed E-state index contributed by atoms with van der Waals surface area (Å²) in [7, 11) is 0. The molecule has 168 valence electrons. The van der Waals surface area contributed by atoms with Crippen LogP contribution in [-0.4, -0.2) is 29.3 Å². The highest BCUT2D eigenvalue weighted by Gasteiger charge is 2.29. The summed E-state index contributed by atoms with van der Waals surface area (Å²) in [6.45, 7) is 4.71. The van der Waals surface area contributed by atoms with E-state index in [-0.39, 0.29) is 24.8 Å². The van der Waals surface area contributed by atoms with Crippen molar-refractivity contribution >= 4 is 46.6 Å². The third-order valence-corrected chi connectivity index (χ3v) is 6.25. The first kappa shape index (κ1) is 25.5. The molecule has 0 saturated carbocycles. The van der Waals surface area contributed by atoms with Crippen LogP contribution in [0.3, 0.4) is 0 Å². The number of unbranched alkanes of at least 4 members (excludes halogenated alkanes) is 1.